The average molecular weight is 348 g/mol. The van der Waals surface area contributed by atoms with Crippen LogP contribution in [0.25, 0.3) is 0 Å². The van der Waals surface area contributed by atoms with Crippen LogP contribution in [0.2, 0.25) is 0 Å². The van der Waals surface area contributed by atoms with Crippen molar-refractivity contribution in [1.29, 1.82) is 5.26 Å². The first-order valence-corrected chi connectivity index (χ1v) is 6.97. The number of benzene rings is 1. The predicted molar refractivity (Wildman–Crippen MR) is 80.2 cm³/mol. The molecule has 0 saturated carbocycles. The molecule has 1 aromatic heterocycles. The zero-order chi connectivity index (χ0) is 15.2. The lowest BCUT2D eigenvalue weighted by Crippen LogP contribution is -2.32. The predicted octanol–water partition coefficient (Wildman–Crippen LogP) is 3.54. The van der Waals surface area contributed by atoms with Gasteiger partial charge in [0.25, 0.3) is 5.91 Å². The van der Waals surface area contributed by atoms with Gasteiger partial charge in [-0.2, -0.15) is 5.26 Å². The molecule has 0 N–H and O–H groups in total. The smallest absolute Gasteiger partial charge is 0.258 e. The van der Waals surface area contributed by atoms with E-state index in [1.807, 2.05) is 6.07 Å². The zero-order valence-electron chi connectivity index (χ0n) is 11.0. The molecule has 21 heavy (non-hydrogen) atoms. The van der Waals surface area contributed by atoms with Crippen LogP contribution in [0.3, 0.4) is 0 Å². The maximum atomic E-state index is 13.9. The summed E-state index contributed by atoms with van der Waals surface area (Å²) < 4.78 is 14.4. The van der Waals surface area contributed by atoms with Crippen LogP contribution in [0.4, 0.5) is 10.1 Å². The number of carbonyl (C=O) groups is 1. The number of hydrogen-bond donors (Lipinski definition) is 0. The minimum atomic E-state index is -0.503. The first-order chi connectivity index (χ1) is 10.1. The maximum absolute atomic E-state index is 13.9. The molecule has 0 aliphatic rings. The number of hydrogen-bond acceptors (Lipinski definition) is 3. The molecule has 6 heteroatoms. The van der Waals surface area contributed by atoms with Gasteiger partial charge in [0.1, 0.15) is 10.4 Å². The van der Waals surface area contributed by atoms with Gasteiger partial charge in [0.15, 0.2) is 0 Å². The Morgan fingerprint density at radius 3 is 2.81 bits per heavy atom. The molecule has 106 valence electrons. The number of aromatic nitrogens is 1. The van der Waals surface area contributed by atoms with Crippen LogP contribution in [0.5, 0.6) is 0 Å². The van der Waals surface area contributed by atoms with Crippen molar-refractivity contribution in [2.24, 2.45) is 0 Å². The molecule has 2 aromatic rings. The Morgan fingerprint density at radius 2 is 2.14 bits per heavy atom. The van der Waals surface area contributed by atoms with Crippen LogP contribution in [0, 0.1) is 17.1 Å². The molecule has 0 bridgehead atoms. The van der Waals surface area contributed by atoms with E-state index < -0.39 is 5.82 Å². The standard InChI is InChI=1S/C15H11BrFN3O/c16-14-10-11(6-8-19-14)15(21)20(9-3-7-18)13-5-2-1-4-12(13)17/h1-2,4-6,8,10H,3,9H2. The van der Waals surface area contributed by atoms with Gasteiger partial charge in [-0.05, 0) is 40.2 Å². The fourth-order valence-corrected chi connectivity index (χ4v) is 2.22. The molecule has 0 fully saturated rings. The molecular formula is C15H11BrFN3O. The molecule has 0 saturated heterocycles. The normalized spacial score (nSPS) is 9.95. The average Bonchev–Trinajstić information content (AvgIpc) is 2.49. The first-order valence-electron chi connectivity index (χ1n) is 6.18. The van der Waals surface area contributed by atoms with E-state index >= 15 is 0 Å². The van der Waals surface area contributed by atoms with Crippen molar-refractivity contribution < 1.29 is 9.18 Å². The summed E-state index contributed by atoms with van der Waals surface area (Å²) in [6.45, 7) is 0.121. The molecule has 0 radical (unpaired) electrons. The molecule has 1 heterocycles. The lowest BCUT2D eigenvalue weighted by atomic mass is 10.2. The van der Waals surface area contributed by atoms with Crippen LogP contribution < -0.4 is 4.90 Å². The van der Waals surface area contributed by atoms with Crippen LogP contribution in [0.15, 0.2) is 47.2 Å². The Morgan fingerprint density at radius 1 is 1.38 bits per heavy atom. The zero-order valence-corrected chi connectivity index (χ0v) is 12.5. The van der Waals surface area contributed by atoms with E-state index in [9.17, 15) is 9.18 Å². The van der Waals surface area contributed by atoms with Gasteiger partial charge in [-0.3, -0.25) is 4.79 Å². The largest absolute Gasteiger partial charge is 0.304 e. The number of nitriles is 1. The number of anilines is 1. The lowest BCUT2D eigenvalue weighted by molar-refractivity contribution is 0.0986. The maximum Gasteiger partial charge on any atom is 0.258 e. The van der Waals surface area contributed by atoms with E-state index in [0.29, 0.717) is 10.2 Å². The van der Waals surface area contributed by atoms with Crippen LogP contribution >= 0.6 is 15.9 Å². The quantitative estimate of drug-likeness (QED) is 0.794. The molecule has 0 spiro atoms. The summed E-state index contributed by atoms with van der Waals surface area (Å²) in [5.74, 6) is -0.879. The van der Waals surface area contributed by atoms with Crippen molar-refractivity contribution in [3.8, 4) is 6.07 Å². The van der Waals surface area contributed by atoms with Crippen molar-refractivity contribution in [3.63, 3.8) is 0 Å². The third kappa shape index (κ3) is 3.64. The van der Waals surface area contributed by atoms with E-state index in [0.717, 1.165) is 0 Å². The second-order valence-electron chi connectivity index (χ2n) is 4.18. The van der Waals surface area contributed by atoms with E-state index in [1.165, 1.54) is 23.2 Å². The number of nitrogens with zero attached hydrogens (tertiary/aromatic N) is 3. The Bertz CT molecular complexity index is 699. The van der Waals surface area contributed by atoms with Gasteiger partial charge < -0.3 is 4.90 Å². The van der Waals surface area contributed by atoms with Crippen molar-refractivity contribution in [2.75, 3.05) is 11.4 Å². The van der Waals surface area contributed by atoms with Crippen molar-refractivity contribution >= 4 is 27.5 Å². The number of para-hydroxylation sites is 1. The fourth-order valence-electron chi connectivity index (χ4n) is 1.86. The van der Waals surface area contributed by atoms with Gasteiger partial charge in [-0.25, -0.2) is 9.37 Å². The van der Waals surface area contributed by atoms with Gasteiger partial charge >= 0.3 is 0 Å². The summed E-state index contributed by atoms with van der Waals surface area (Å²) in [6.07, 6.45) is 1.60. The van der Waals surface area contributed by atoms with Gasteiger partial charge in [0.2, 0.25) is 0 Å². The molecule has 0 atom stereocenters. The number of carbonyl (C=O) groups excluding carboxylic acids is 1. The summed E-state index contributed by atoms with van der Waals surface area (Å²) >= 11 is 3.19. The Kier molecular flexibility index (Phi) is 5.01. The summed E-state index contributed by atoms with van der Waals surface area (Å²) in [6, 6.07) is 11.1. The monoisotopic (exact) mass is 347 g/mol. The fraction of sp³-hybridized carbons (Fsp3) is 0.133. The second-order valence-corrected chi connectivity index (χ2v) is 5.00. The van der Waals surface area contributed by atoms with Crippen molar-refractivity contribution in [3.05, 3.63) is 58.6 Å². The summed E-state index contributed by atoms with van der Waals surface area (Å²) in [5, 5.41) is 8.73. The molecular weight excluding hydrogens is 337 g/mol. The Balaban J connectivity index is 2.39. The highest BCUT2D eigenvalue weighted by atomic mass is 79.9. The van der Waals surface area contributed by atoms with Crippen molar-refractivity contribution in [1.82, 2.24) is 4.98 Å². The highest BCUT2D eigenvalue weighted by Crippen LogP contribution is 2.22. The molecule has 2 rings (SSSR count). The topological polar surface area (TPSA) is 57.0 Å². The minimum absolute atomic E-state index is 0.117. The Hall–Kier alpha value is -2.26. The molecule has 4 nitrogen and oxygen atoms in total. The summed E-state index contributed by atoms with van der Waals surface area (Å²) in [4.78, 5) is 17.8. The SMILES string of the molecule is N#CCCN(C(=O)c1ccnc(Br)c1)c1ccccc1F. The summed E-state index contributed by atoms with van der Waals surface area (Å²) in [7, 11) is 0. The number of halogens is 2. The van der Waals surface area contributed by atoms with Crippen LogP contribution in [-0.2, 0) is 0 Å². The number of amides is 1. The van der Waals surface area contributed by atoms with Crippen molar-refractivity contribution in [2.45, 2.75) is 6.42 Å². The van der Waals surface area contributed by atoms with Gasteiger partial charge in [0, 0.05) is 18.3 Å². The van der Waals surface area contributed by atoms with E-state index in [1.54, 1.807) is 24.3 Å². The third-order valence-corrected chi connectivity index (χ3v) is 3.24. The Labute approximate surface area is 130 Å². The van der Waals surface area contributed by atoms with Gasteiger partial charge in [-0.1, -0.05) is 12.1 Å². The molecule has 1 amide bonds. The third-order valence-electron chi connectivity index (χ3n) is 2.81. The van der Waals surface area contributed by atoms with Gasteiger partial charge in [0.05, 0.1) is 18.2 Å². The number of rotatable bonds is 4. The second kappa shape index (κ2) is 6.95. The van der Waals surface area contributed by atoms with E-state index in [-0.39, 0.29) is 24.6 Å². The first kappa shape index (κ1) is 15.1. The molecule has 0 aliphatic heterocycles. The van der Waals surface area contributed by atoms with Gasteiger partial charge in [-0.15, -0.1) is 0 Å². The number of pyridine rings is 1. The molecule has 0 unspecified atom stereocenters. The lowest BCUT2D eigenvalue weighted by Gasteiger charge is -2.22. The molecule has 0 aliphatic carbocycles. The van der Waals surface area contributed by atoms with E-state index in [4.69, 9.17) is 5.26 Å². The van der Waals surface area contributed by atoms with Crippen LogP contribution in [0.1, 0.15) is 16.8 Å². The highest BCUT2D eigenvalue weighted by molar-refractivity contribution is 9.10. The summed E-state index contributed by atoms with van der Waals surface area (Å²) in [5.41, 5.74) is 0.531. The van der Waals surface area contributed by atoms with Crippen LogP contribution in [-0.4, -0.2) is 17.4 Å². The minimum Gasteiger partial charge on any atom is -0.304 e. The van der Waals surface area contributed by atoms with E-state index in [2.05, 4.69) is 20.9 Å². The molecule has 1 aromatic carbocycles. The highest BCUT2D eigenvalue weighted by Gasteiger charge is 2.20.